The van der Waals surface area contributed by atoms with Gasteiger partial charge in [0.25, 0.3) is 0 Å². The molecule has 4 heteroatoms. The molecule has 4 aliphatic rings. The lowest BCUT2D eigenvalue weighted by atomic mass is 9.56. The standard InChI is InChI=1S/C27H46N2O2/c1-19(2)25(30)21-7-11-27(12-8-21)16-24(17-27)28-14-9-23(10-15-28)29-13-5-6-22(18-29)26(31)20(3)4/h19-24H,5-18H2,1-4H3. The fourth-order valence-electron chi connectivity index (χ4n) is 7.25. The van der Waals surface area contributed by atoms with Gasteiger partial charge in [-0.1, -0.05) is 27.7 Å². The van der Waals surface area contributed by atoms with Gasteiger partial charge in [-0.05, 0) is 89.3 Å². The Morgan fingerprint density at radius 3 is 1.87 bits per heavy atom. The summed E-state index contributed by atoms with van der Waals surface area (Å²) in [4.78, 5) is 30.3. The Labute approximate surface area is 190 Å². The number of hydrogen-bond donors (Lipinski definition) is 0. The summed E-state index contributed by atoms with van der Waals surface area (Å²) >= 11 is 0. The van der Waals surface area contributed by atoms with Gasteiger partial charge in [0.2, 0.25) is 0 Å². The topological polar surface area (TPSA) is 40.6 Å². The maximum absolute atomic E-state index is 12.5. The molecule has 0 aromatic carbocycles. The molecule has 4 nitrogen and oxygen atoms in total. The van der Waals surface area contributed by atoms with E-state index in [0.717, 1.165) is 31.8 Å². The van der Waals surface area contributed by atoms with E-state index in [9.17, 15) is 9.59 Å². The first kappa shape index (κ1) is 23.4. The molecule has 2 heterocycles. The molecule has 0 aromatic rings. The molecule has 2 aliphatic carbocycles. The van der Waals surface area contributed by atoms with Gasteiger partial charge in [-0.3, -0.25) is 14.5 Å². The summed E-state index contributed by atoms with van der Waals surface area (Å²) in [6, 6.07) is 1.47. The molecule has 2 aliphatic heterocycles. The molecule has 0 radical (unpaired) electrons. The summed E-state index contributed by atoms with van der Waals surface area (Å²) in [5.41, 5.74) is 0.562. The van der Waals surface area contributed by atoms with E-state index in [2.05, 4.69) is 37.5 Å². The van der Waals surface area contributed by atoms with Gasteiger partial charge in [0.15, 0.2) is 0 Å². The van der Waals surface area contributed by atoms with Crippen molar-refractivity contribution in [1.82, 2.24) is 9.80 Å². The Bertz CT molecular complexity index is 634. The van der Waals surface area contributed by atoms with Gasteiger partial charge in [-0.2, -0.15) is 0 Å². The van der Waals surface area contributed by atoms with Gasteiger partial charge >= 0.3 is 0 Å². The number of nitrogens with zero attached hydrogens (tertiary/aromatic N) is 2. The van der Waals surface area contributed by atoms with Crippen molar-refractivity contribution in [2.45, 2.75) is 104 Å². The van der Waals surface area contributed by atoms with Crippen LogP contribution in [-0.4, -0.2) is 59.6 Å². The first-order chi connectivity index (χ1) is 14.8. The molecular formula is C27H46N2O2. The summed E-state index contributed by atoms with van der Waals surface area (Å²) in [6.07, 6.45) is 12.4. The van der Waals surface area contributed by atoms with E-state index >= 15 is 0 Å². The summed E-state index contributed by atoms with van der Waals surface area (Å²) in [5.74, 6) is 1.98. The minimum Gasteiger partial charge on any atom is -0.300 e. The van der Waals surface area contributed by atoms with Crippen LogP contribution in [0.3, 0.4) is 0 Å². The molecular weight excluding hydrogens is 384 g/mol. The van der Waals surface area contributed by atoms with Crippen molar-refractivity contribution in [3.05, 3.63) is 0 Å². The second kappa shape index (κ2) is 9.63. The number of likely N-dealkylation sites (tertiary alicyclic amines) is 2. The summed E-state index contributed by atoms with van der Waals surface area (Å²) < 4.78 is 0. The van der Waals surface area contributed by atoms with Crippen molar-refractivity contribution in [3.8, 4) is 0 Å². The highest BCUT2D eigenvalue weighted by Crippen LogP contribution is 2.54. The highest BCUT2D eigenvalue weighted by molar-refractivity contribution is 5.83. The van der Waals surface area contributed by atoms with Crippen molar-refractivity contribution in [1.29, 1.82) is 0 Å². The van der Waals surface area contributed by atoms with Crippen molar-refractivity contribution >= 4 is 11.6 Å². The van der Waals surface area contributed by atoms with Gasteiger partial charge in [0.05, 0.1) is 0 Å². The Morgan fingerprint density at radius 1 is 0.710 bits per heavy atom. The van der Waals surface area contributed by atoms with Crippen LogP contribution in [0.2, 0.25) is 0 Å². The summed E-state index contributed by atoms with van der Waals surface area (Å²) in [5, 5.41) is 0. The van der Waals surface area contributed by atoms with Crippen molar-refractivity contribution in [3.63, 3.8) is 0 Å². The Hall–Kier alpha value is -0.740. The normalized spacial score (nSPS) is 36.1. The molecule has 1 atom stereocenters. The average Bonchev–Trinajstić information content (AvgIpc) is 2.76. The number of carbonyl (C=O) groups is 2. The zero-order valence-corrected chi connectivity index (χ0v) is 20.6. The third-order valence-electron chi connectivity index (χ3n) is 9.31. The first-order valence-corrected chi connectivity index (χ1v) is 13.3. The second-order valence-corrected chi connectivity index (χ2v) is 12.1. The molecule has 31 heavy (non-hydrogen) atoms. The van der Waals surface area contributed by atoms with Crippen LogP contribution in [0.4, 0.5) is 0 Å². The lowest BCUT2D eigenvalue weighted by Gasteiger charge is -2.56. The maximum atomic E-state index is 12.5. The largest absolute Gasteiger partial charge is 0.300 e. The summed E-state index contributed by atoms with van der Waals surface area (Å²) in [6.45, 7) is 12.9. The van der Waals surface area contributed by atoms with Gasteiger partial charge in [0.1, 0.15) is 11.6 Å². The molecule has 0 N–H and O–H groups in total. The number of ketones is 2. The van der Waals surface area contributed by atoms with Crippen LogP contribution in [0.15, 0.2) is 0 Å². The van der Waals surface area contributed by atoms with E-state index in [-0.39, 0.29) is 17.8 Å². The Balaban J connectivity index is 1.20. The molecule has 1 unspecified atom stereocenters. The third-order valence-corrected chi connectivity index (χ3v) is 9.31. The third kappa shape index (κ3) is 5.11. The van der Waals surface area contributed by atoms with E-state index in [1.807, 2.05) is 0 Å². The molecule has 4 rings (SSSR count). The SMILES string of the molecule is CC(C)C(=O)C1CCC2(CC1)CC(N1CCC(N3CCCC(C(=O)C(C)C)C3)CC1)C2. The van der Waals surface area contributed by atoms with E-state index in [1.165, 1.54) is 64.6 Å². The van der Waals surface area contributed by atoms with Crippen LogP contribution in [-0.2, 0) is 9.59 Å². The highest BCUT2D eigenvalue weighted by atomic mass is 16.1. The minimum atomic E-state index is 0.177. The molecule has 0 bridgehead atoms. The van der Waals surface area contributed by atoms with E-state index < -0.39 is 0 Å². The molecule has 176 valence electrons. The van der Waals surface area contributed by atoms with Crippen LogP contribution in [0.5, 0.6) is 0 Å². The van der Waals surface area contributed by atoms with Crippen molar-refractivity contribution in [2.24, 2.45) is 29.1 Å². The second-order valence-electron chi connectivity index (χ2n) is 12.1. The zero-order chi connectivity index (χ0) is 22.2. The average molecular weight is 431 g/mol. The molecule has 1 spiro atoms. The number of Topliss-reactive ketones (excluding diaryl/α,β-unsaturated/α-hetero) is 2. The van der Waals surface area contributed by atoms with E-state index in [1.54, 1.807) is 0 Å². The van der Waals surface area contributed by atoms with Crippen LogP contribution in [0.25, 0.3) is 0 Å². The Kier molecular flexibility index (Phi) is 7.28. The van der Waals surface area contributed by atoms with Crippen LogP contribution in [0, 0.1) is 29.1 Å². The Morgan fingerprint density at radius 2 is 1.29 bits per heavy atom. The number of piperidine rings is 2. The van der Waals surface area contributed by atoms with Crippen LogP contribution in [0.1, 0.15) is 91.9 Å². The minimum absolute atomic E-state index is 0.177. The molecule has 4 fully saturated rings. The number of carbonyl (C=O) groups excluding carboxylic acids is 2. The zero-order valence-electron chi connectivity index (χ0n) is 20.6. The van der Waals surface area contributed by atoms with Crippen LogP contribution >= 0.6 is 0 Å². The van der Waals surface area contributed by atoms with E-state index in [0.29, 0.717) is 28.9 Å². The van der Waals surface area contributed by atoms with Crippen molar-refractivity contribution < 1.29 is 9.59 Å². The quantitative estimate of drug-likeness (QED) is 0.598. The smallest absolute Gasteiger partial charge is 0.139 e. The van der Waals surface area contributed by atoms with Crippen molar-refractivity contribution in [2.75, 3.05) is 26.2 Å². The fourth-order valence-corrected chi connectivity index (χ4v) is 7.25. The number of rotatable bonds is 6. The number of hydrogen-bond acceptors (Lipinski definition) is 4. The molecule has 2 saturated heterocycles. The van der Waals surface area contributed by atoms with Gasteiger partial charge in [-0.15, -0.1) is 0 Å². The predicted octanol–water partition coefficient (Wildman–Crippen LogP) is 4.95. The lowest BCUT2D eigenvalue weighted by molar-refractivity contribution is -0.129. The highest BCUT2D eigenvalue weighted by Gasteiger charge is 2.49. The summed E-state index contributed by atoms with van der Waals surface area (Å²) in [7, 11) is 0. The first-order valence-electron chi connectivity index (χ1n) is 13.3. The van der Waals surface area contributed by atoms with Crippen LogP contribution < -0.4 is 0 Å². The van der Waals surface area contributed by atoms with Gasteiger partial charge in [-0.25, -0.2) is 0 Å². The monoisotopic (exact) mass is 430 g/mol. The molecule has 2 saturated carbocycles. The van der Waals surface area contributed by atoms with Gasteiger partial charge in [0, 0.05) is 42.3 Å². The van der Waals surface area contributed by atoms with E-state index in [4.69, 9.17) is 0 Å². The maximum Gasteiger partial charge on any atom is 0.139 e. The predicted molar refractivity (Wildman–Crippen MR) is 126 cm³/mol. The lowest BCUT2D eigenvalue weighted by Crippen LogP contribution is -2.56. The molecule has 0 amide bonds. The fraction of sp³-hybridized carbons (Fsp3) is 0.926. The molecule has 0 aromatic heterocycles. The van der Waals surface area contributed by atoms with Gasteiger partial charge < -0.3 is 4.90 Å².